The number of hydrogen-bond acceptors (Lipinski definition) is 3. The summed E-state index contributed by atoms with van der Waals surface area (Å²) in [6.45, 7) is 0.487. The average Bonchev–Trinajstić information content (AvgIpc) is 2.73. The number of carbonyl (C=O) groups is 3. The quantitative estimate of drug-likeness (QED) is 0.758. The third-order valence-corrected chi connectivity index (χ3v) is 3.94. The van der Waals surface area contributed by atoms with Crippen molar-refractivity contribution in [3.63, 3.8) is 0 Å². The van der Waals surface area contributed by atoms with Crippen LogP contribution in [0, 0.1) is 0 Å². The number of fused-ring (bicyclic) bond motifs is 1. The maximum atomic E-state index is 12.5. The van der Waals surface area contributed by atoms with Gasteiger partial charge in [0.1, 0.15) is 13.1 Å². The number of nitrogens with zero attached hydrogens (tertiary/aromatic N) is 3. The molecule has 2 heterocycles. The van der Waals surface area contributed by atoms with Crippen LogP contribution < -0.4 is 4.90 Å². The van der Waals surface area contributed by atoms with Gasteiger partial charge in [-0.05, 0) is 24.5 Å². The Balaban J connectivity index is 1.78. The van der Waals surface area contributed by atoms with Gasteiger partial charge in [-0.1, -0.05) is 18.2 Å². The van der Waals surface area contributed by atoms with E-state index in [9.17, 15) is 14.4 Å². The van der Waals surface area contributed by atoms with E-state index in [1.165, 1.54) is 4.90 Å². The van der Waals surface area contributed by atoms with Gasteiger partial charge in [0.05, 0.1) is 0 Å². The molecule has 0 atom stereocenters. The van der Waals surface area contributed by atoms with Crippen molar-refractivity contribution in [2.24, 2.45) is 0 Å². The fourth-order valence-electron chi connectivity index (χ4n) is 2.84. The second kappa shape index (κ2) is 5.20. The van der Waals surface area contributed by atoms with Gasteiger partial charge in [-0.3, -0.25) is 14.5 Å². The maximum absolute atomic E-state index is 12.5. The second-order valence-corrected chi connectivity index (χ2v) is 5.40. The van der Waals surface area contributed by atoms with Crippen molar-refractivity contribution in [2.45, 2.75) is 12.8 Å². The minimum Gasteiger partial charge on any atom is -0.318 e. The van der Waals surface area contributed by atoms with Crippen molar-refractivity contribution in [1.29, 1.82) is 0 Å². The van der Waals surface area contributed by atoms with Crippen molar-refractivity contribution >= 4 is 23.5 Å². The minimum atomic E-state index is -0.404. The zero-order chi connectivity index (χ0) is 15.0. The number of imide groups is 1. The Kier molecular flexibility index (Phi) is 3.37. The highest BCUT2D eigenvalue weighted by atomic mass is 16.2. The van der Waals surface area contributed by atoms with Gasteiger partial charge in [0.15, 0.2) is 0 Å². The van der Waals surface area contributed by atoms with Crippen molar-refractivity contribution in [1.82, 2.24) is 9.80 Å². The maximum Gasteiger partial charge on any atom is 0.327 e. The number of hydrogen-bond donors (Lipinski definition) is 0. The molecule has 2 aliphatic heterocycles. The van der Waals surface area contributed by atoms with Gasteiger partial charge in [0, 0.05) is 19.3 Å². The van der Waals surface area contributed by atoms with E-state index in [0.29, 0.717) is 6.54 Å². The van der Waals surface area contributed by atoms with Crippen LogP contribution in [0.1, 0.15) is 12.0 Å². The Morgan fingerprint density at radius 2 is 2.00 bits per heavy atom. The number of urea groups is 1. The van der Waals surface area contributed by atoms with Crippen LogP contribution in [0.5, 0.6) is 0 Å². The molecule has 1 saturated heterocycles. The van der Waals surface area contributed by atoms with Crippen LogP contribution in [0.4, 0.5) is 10.5 Å². The van der Waals surface area contributed by atoms with E-state index in [1.807, 2.05) is 24.3 Å². The molecule has 2 aliphatic rings. The SMILES string of the molecule is CN1CC(=O)N(CC(=O)N2CCCc3ccccc32)C1=O. The predicted octanol–water partition coefficient (Wildman–Crippen LogP) is 0.860. The number of likely N-dealkylation sites (N-methyl/N-ethyl adjacent to an activating group) is 1. The highest BCUT2D eigenvalue weighted by Crippen LogP contribution is 2.27. The number of benzene rings is 1. The summed E-state index contributed by atoms with van der Waals surface area (Å²) in [5, 5.41) is 0. The first-order chi connectivity index (χ1) is 10.1. The van der Waals surface area contributed by atoms with E-state index in [0.717, 1.165) is 29.0 Å². The standard InChI is InChI=1S/C15H17N3O3/c1-16-9-13(19)18(15(16)21)10-14(20)17-8-4-6-11-5-2-3-7-12(11)17/h2-3,5,7H,4,6,8-10H2,1H3. The van der Waals surface area contributed by atoms with Gasteiger partial charge < -0.3 is 9.80 Å². The summed E-state index contributed by atoms with van der Waals surface area (Å²) in [5.41, 5.74) is 2.02. The molecule has 1 aromatic carbocycles. The van der Waals surface area contributed by atoms with Gasteiger partial charge in [-0.25, -0.2) is 4.79 Å². The Morgan fingerprint density at radius 1 is 1.24 bits per heavy atom. The number of amides is 4. The van der Waals surface area contributed by atoms with Crippen LogP contribution in [0.25, 0.3) is 0 Å². The van der Waals surface area contributed by atoms with Crippen molar-refractivity contribution in [3.05, 3.63) is 29.8 Å². The summed E-state index contributed by atoms with van der Waals surface area (Å²) in [5.74, 6) is -0.528. The molecule has 6 heteroatoms. The summed E-state index contributed by atoms with van der Waals surface area (Å²) >= 11 is 0. The fourth-order valence-corrected chi connectivity index (χ4v) is 2.84. The van der Waals surface area contributed by atoms with Crippen LogP contribution in [-0.2, 0) is 16.0 Å². The highest BCUT2D eigenvalue weighted by Gasteiger charge is 2.36. The van der Waals surface area contributed by atoms with Gasteiger partial charge >= 0.3 is 6.03 Å². The molecule has 4 amide bonds. The monoisotopic (exact) mass is 287 g/mol. The van der Waals surface area contributed by atoms with Crippen LogP contribution in [-0.4, -0.2) is 54.3 Å². The summed E-state index contributed by atoms with van der Waals surface area (Å²) < 4.78 is 0. The molecule has 0 spiro atoms. The lowest BCUT2D eigenvalue weighted by Gasteiger charge is -2.30. The Bertz CT molecular complexity index is 614. The van der Waals surface area contributed by atoms with Crippen LogP contribution >= 0.6 is 0 Å². The molecule has 21 heavy (non-hydrogen) atoms. The van der Waals surface area contributed by atoms with E-state index in [2.05, 4.69) is 0 Å². The predicted molar refractivity (Wildman–Crippen MR) is 76.9 cm³/mol. The molecule has 0 unspecified atom stereocenters. The van der Waals surface area contributed by atoms with Crippen molar-refractivity contribution in [2.75, 3.05) is 31.6 Å². The van der Waals surface area contributed by atoms with Gasteiger partial charge in [-0.2, -0.15) is 0 Å². The zero-order valence-electron chi connectivity index (χ0n) is 11.9. The molecule has 6 nitrogen and oxygen atoms in total. The first kappa shape index (κ1) is 13.6. The summed E-state index contributed by atoms with van der Waals surface area (Å²) in [7, 11) is 1.56. The summed E-state index contributed by atoms with van der Waals surface area (Å²) in [4.78, 5) is 40.1. The highest BCUT2D eigenvalue weighted by molar-refractivity contribution is 6.06. The molecule has 0 saturated carbocycles. The van der Waals surface area contributed by atoms with Crippen LogP contribution in [0.15, 0.2) is 24.3 Å². The number of anilines is 1. The molecule has 0 aliphatic carbocycles. The lowest BCUT2D eigenvalue weighted by atomic mass is 10.0. The summed E-state index contributed by atoms with van der Waals surface area (Å²) in [6.07, 6.45) is 1.84. The first-order valence-corrected chi connectivity index (χ1v) is 7.01. The molecular formula is C15H17N3O3. The van der Waals surface area contributed by atoms with E-state index < -0.39 is 6.03 Å². The fraction of sp³-hybridized carbons (Fsp3) is 0.400. The molecule has 0 radical (unpaired) electrons. The lowest BCUT2D eigenvalue weighted by molar-refractivity contribution is -0.129. The first-order valence-electron chi connectivity index (χ1n) is 7.01. The average molecular weight is 287 g/mol. The Morgan fingerprint density at radius 3 is 2.71 bits per heavy atom. The van der Waals surface area contributed by atoms with Gasteiger partial charge in [0.25, 0.3) is 5.91 Å². The molecule has 110 valence electrons. The number of para-hydroxylation sites is 1. The van der Waals surface area contributed by atoms with E-state index in [4.69, 9.17) is 0 Å². The molecular weight excluding hydrogens is 270 g/mol. The molecule has 1 aromatic rings. The number of rotatable bonds is 2. The van der Waals surface area contributed by atoms with Crippen molar-refractivity contribution < 1.29 is 14.4 Å². The van der Waals surface area contributed by atoms with Crippen molar-refractivity contribution in [3.8, 4) is 0 Å². The Labute approximate surface area is 122 Å². The lowest BCUT2D eigenvalue weighted by Crippen LogP contribution is -2.45. The minimum absolute atomic E-state index is 0.0443. The third-order valence-electron chi connectivity index (χ3n) is 3.94. The van der Waals surface area contributed by atoms with Crippen LogP contribution in [0.3, 0.4) is 0 Å². The molecule has 3 rings (SSSR count). The largest absolute Gasteiger partial charge is 0.327 e. The molecule has 0 aromatic heterocycles. The van der Waals surface area contributed by atoms with Gasteiger partial charge in [0.2, 0.25) is 5.91 Å². The number of aryl methyl sites for hydroxylation is 1. The van der Waals surface area contributed by atoms with E-state index in [-0.39, 0.29) is 24.9 Å². The van der Waals surface area contributed by atoms with E-state index >= 15 is 0 Å². The number of carbonyl (C=O) groups excluding carboxylic acids is 3. The molecule has 0 N–H and O–H groups in total. The molecule has 0 bridgehead atoms. The second-order valence-electron chi connectivity index (χ2n) is 5.40. The third kappa shape index (κ3) is 2.37. The smallest absolute Gasteiger partial charge is 0.318 e. The topological polar surface area (TPSA) is 60.9 Å². The van der Waals surface area contributed by atoms with Gasteiger partial charge in [-0.15, -0.1) is 0 Å². The zero-order valence-corrected chi connectivity index (χ0v) is 11.9. The van der Waals surface area contributed by atoms with E-state index in [1.54, 1.807) is 11.9 Å². The summed E-state index contributed by atoms with van der Waals surface area (Å²) in [6, 6.07) is 7.36. The van der Waals surface area contributed by atoms with Crippen LogP contribution in [0.2, 0.25) is 0 Å². The normalized spacial score (nSPS) is 18.2. The Hall–Kier alpha value is -2.37. The molecule has 1 fully saturated rings.